The molecule has 20 heavy (non-hydrogen) atoms. The van der Waals surface area contributed by atoms with Crippen LogP contribution in [0.25, 0.3) is 0 Å². The van der Waals surface area contributed by atoms with Gasteiger partial charge in [-0.05, 0) is 38.0 Å². The van der Waals surface area contributed by atoms with Crippen LogP contribution in [0.3, 0.4) is 0 Å². The summed E-state index contributed by atoms with van der Waals surface area (Å²) in [5.41, 5.74) is 0.626. The molecule has 1 aromatic rings. The first-order valence-electron chi connectivity index (χ1n) is 7.74. The summed E-state index contributed by atoms with van der Waals surface area (Å²) < 4.78 is 0. The van der Waals surface area contributed by atoms with Crippen molar-refractivity contribution in [3.05, 3.63) is 11.2 Å². The van der Waals surface area contributed by atoms with Gasteiger partial charge in [-0.1, -0.05) is 24.4 Å². The van der Waals surface area contributed by atoms with E-state index in [2.05, 4.69) is 20.2 Å². The van der Waals surface area contributed by atoms with Gasteiger partial charge in [-0.25, -0.2) is 4.98 Å². The topological polar surface area (TPSA) is 41.1 Å². The molecule has 2 heterocycles. The molecule has 1 aliphatic carbocycles. The molecule has 0 bridgehead atoms. The summed E-state index contributed by atoms with van der Waals surface area (Å²) in [4.78, 5) is 11.1. The van der Waals surface area contributed by atoms with E-state index in [1.807, 2.05) is 6.92 Å². The number of rotatable bonds is 3. The molecule has 5 heteroatoms. The maximum atomic E-state index is 6.29. The van der Waals surface area contributed by atoms with Crippen LogP contribution >= 0.6 is 11.6 Å². The molecule has 0 radical (unpaired) electrons. The average molecular weight is 295 g/mol. The van der Waals surface area contributed by atoms with Gasteiger partial charge in [0.1, 0.15) is 5.02 Å². The van der Waals surface area contributed by atoms with Gasteiger partial charge in [-0.2, -0.15) is 4.98 Å². The van der Waals surface area contributed by atoms with Gasteiger partial charge in [-0.3, -0.25) is 0 Å². The van der Waals surface area contributed by atoms with Crippen LogP contribution in [0, 0.1) is 5.41 Å². The van der Waals surface area contributed by atoms with E-state index in [9.17, 15) is 0 Å². The average Bonchev–Trinajstić information content (AvgIpc) is 2.91. The van der Waals surface area contributed by atoms with Crippen LogP contribution in [0.4, 0.5) is 11.8 Å². The quantitative estimate of drug-likeness (QED) is 0.922. The standard InChI is InChI=1S/C15H23ClN4/c1-2-17-14-18-11-12(16)13(19-14)20-9-7-15(8-10-20)5-3-4-6-15/h11H,2-10H2,1H3,(H,17,18,19). The fourth-order valence-electron chi connectivity index (χ4n) is 3.64. The minimum Gasteiger partial charge on any atom is -0.355 e. The normalized spacial score (nSPS) is 21.4. The Kier molecular flexibility index (Phi) is 4.01. The number of hydrogen-bond donors (Lipinski definition) is 1. The van der Waals surface area contributed by atoms with Gasteiger partial charge in [0.2, 0.25) is 5.95 Å². The second-order valence-corrected chi connectivity index (χ2v) is 6.50. The third kappa shape index (κ3) is 2.71. The van der Waals surface area contributed by atoms with Crippen molar-refractivity contribution < 1.29 is 0 Å². The monoisotopic (exact) mass is 294 g/mol. The molecular formula is C15H23ClN4. The zero-order valence-corrected chi connectivity index (χ0v) is 12.9. The van der Waals surface area contributed by atoms with Crippen molar-refractivity contribution in [1.82, 2.24) is 9.97 Å². The first kappa shape index (κ1) is 13.9. The van der Waals surface area contributed by atoms with Gasteiger partial charge in [0.05, 0.1) is 6.20 Å². The van der Waals surface area contributed by atoms with E-state index < -0.39 is 0 Å². The number of aromatic nitrogens is 2. The molecule has 1 aromatic heterocycles. The van der Waals surface area contributed by atoms with Crippen molar-refractivity contribution in [2.45, 2.75) is 45.4 Å². The molecule has 4 nitrogen and oxygen atoms in total. The molecule has 1 aliphatic heterocycles. The molecule has 1 spiro atoms. The first-order valence-corrected chi connectivity index (χ1v) is 8.12. The summed E-state index contributed by atoms with van der Waals surface area (Å²) in [5.74, 6) is 1.57. The smallest absolute Gasteiger partial charge is 0.224 e. The van der Waals surface area contributed by atoms with Crippen LogP contribution < -0.4 is 10.2 Å². The highest BCUT2D eigenvalue weighted by Gasteiger charge is 2.37. The number of nitrogens with zero attached hydrogens (tertiary/aromatic N) is 3. The van der Waals surface area contributed by atoms with Crippen molar-refractivity contribution in [2.75, 3.05) is 29.9 Å². The van der Waals surface area contributed by atoms with E-state index in [1.165, 1.54) is 38.5 Å². The Morgan fingerprint density at radius 3 is 2.60 bits per heavy atom. The van der Waals surface area contributed by atoms with E-state index in [-0.39, 0.29) is 0 Å². The predicted molar refractivity (Wildman–Crippen MR) is 83.6 cm³/mol. The Labute approximate surface area is 125 Å². The zero-order chi connectivity index (χ0) is 14.0. The molecule has 110 valence electrons. The lowest BCUT2D eigenvalue weighted by atomic mass is 9.77. The number of nitrogens with one attached hydrogen (secondary N) is 1. The second kappa shape index (κ2) is 5.76. The number of halogens is 1. The minimum absolute atomic E-state index is 0.626. The summed E-state index contributed by atoms with van der Waals surface area (Å²) in [6.07, 6.45) is 9.94. The van der Waals surface area contributed by atoms with Gasteiger partial charge in [-0.15, -0.1) is 0 Å². The summed E-state index contributed by atoms with van der Waals surface area (Å²) in [5, 5.41) is 3.82. The Balaban J connectivity index is 1.72. The van der Waals surface area contributed by atoms with Crippen LogP contribution in [0.5, 0.6) is 0 Å². The Hall–Kier alpha value is -1.03. The minimum atomic E-state index is 0.626. The Morgan fingerprint density at radius 1 is 1.25 bits per heavy atom. The van der Waals surface area contributed by atoms with Gasteiger partial charge >= 0.3 is 0 Å². The molecule has 1 saturated carbocycles. The summed E-state index contributed by atoms with van der Waals surface area (Å²) in [6, 6.07) is 0. The van der Waals surface area contributed by atoms with Crippen molar-refractivity contribution in [2.24, 2.45) is 5.41 Å². The summed E-state index contributed by atoms with van der Waals surface area (Å²) in [7, 11) is 0. The fraction of sp³-hybridized carbons (Fsp3) is 0.733. The van der Waals surface area contributed by atoms with Crippen LogP contribution in [-0.2, 0) is 0 Å². The Bertz CT molecular complexity index is 461. The molecule has 0 amide bonds. The lowest BCUT2D eigenvalue weighted by molar-refractivity contribution is 0.226. The predicted octanol–water partition coefficient (Wildman–Crippen LogP) is 3.72. The highest BCUT2D eigenvalue weighted by Crippen LogP contribution is 2.46. The maximum absolute atomic E-state index is 6.29. The number of anilines is 2. The molecule has 1 saturated heterocycles. The SMILES string of the molecule is CCNc1ncc(Cl)c(N2CCC3(CCCC3)CC2)n1. The van der Waals surface area contributed by atoms with Crippen LogP contribution in [0.2, 0.25) is 5.02 Å². The van der Waals surface area contributed by atoms with E-state index in [0.29, 0.717) is 16.4 Å². The lowest BCUT2D eigenvalue weighted by Crippen LogP contribution is -2.39. The number of piperidine rings is 1. The second-order valence-electron chi connectivity index (χ2n) is 6.09. The van der Waals surface area contributed by atoms with Gasteiger partial charge < -0.3 is 10.2 Å². The van der Waals surface area contributed by atoms with Crippen LogP contribution in [0.1, 0.15) is 45.4 Å². The molecule has 0 unspecified atom stereocenters. The molecule has 1 N–H and O–H groups in total. The summed E-state index contributed by atoms with van der Waals surface area (Å²) >= 11 is 6.29. The molecule has 0 aromatic carbocycles. The van der Waals surface area contributed by atoms with Gasteiger partial charge in [0, 0.05) is 19.6 Å². The van der Waals surface area contributed by atoms with Crippen LogP contribution in [-0.4, -0.2) is 29.6 Å². The third-order valence-electron chi connectivity index (χ3n) is 4.85. The Morgan fingerprint density at radius 2 is 1.95 bits per heavy atom. The molecule has 3 rings (SSSR count). The van der Waals surface area contributed by atoms with E-state index in [4.69, 9.17) is 11.6 Å². The van der Waals surface area contributed by atoms with Gasteiger partial charge in [0.25, 0.3) is 0 Å². The number of hydrogen-bond acceptors (Lipinski definition) is 4. The van der Waals surface area contributed by atoms with Crippen molar-refractivity contribution in [3.63, 3.8) is 0 Å². The zero-order valence-electron chi connectivity index (χ0n) is 12.2. The van der Waals surface area contributed by atoms with E-state index in [0.717, 1.165) is 25.5 Å². The van der Waals surface area contributed by atoms with Gasteiger partial charge in [0.15, 0.2) is 5.82 Å². The lowest BCUT2D eigenvalue weighted by Gasteiger charge is -2.40. The molecule has 2 aliphatic rings. The highest BCUT2D eigenvalue weighted by atomic mass is 35.5. The first-order chi connectivity index (χ1) is 9.72. The van der Waals surface area contributed by atoms with E-state index in [1.54, 1.807) is 6.20 Å². The molecular weight excluding hydrogens is 272 g/mol. The van der Waals surface area contributed by atoms with Crippen molar-refractivity contribution in [1.29, 1.82) is 0 Å². The molecule has 2 fully saturated rings. The fourth-order valence-corrected chi connectivity index (χ4v) is 3.85. The highest BCUT2D eigenvalue weighted by molar-refractivity contribution is 6.32. The van der Waals surface area contributed by atoms with E-state index >= 15 is 0 Å². The van der Waals surface area contributed by atoms with Crippen molar-refractivity contribution >= 4 is 23.4 Å². The largest absolute Gasteiger partial charge is 0.355 e. The maximum Gasteiger partial charge on any atom is 0.224 e. The molecule has 0 atom stereocenters. The summed E-state index contributed by atoms with van der Waals surface area (Å²) in [6.45, 7) is 5.01. The third-order valence-corrected chi connectivity index (χ3v) is 5.11. The van der Waals surface area contributed by atoms with Crippen LogP contribution in [0.15, 0.2) is 6.20 Å². The van der Waals surface area contributed by atoms with Crippen molar-refractivity contribution in [3.8, 4) is 0 Å².